The third-order valence-electron chi connectivity index (χ3n) is 2.27. The number of hydrogen-bond donors (Lipinski definition) is 2. The fraction of sp³-hybridized carbons (Fsp3) is 0.143. The van der Waals surface area contributed by atoms with Crippen molar-refractivity contribution in [2.24, 2.45) is 0 Å². The standard InChI is InChI=1S/C14H15ClN2O2/c1-3-4-5-6-13(18)17-12-8-7-10(9-11(12)15)14(19)16-2/h3-9H,1-2H3,(H,16,19)(H,17,18). The summed E-state index contributed by atoms with van der Waals surface area (Å²) >= 11 is 6.00. The number of anilines is 1. The molecule has 2 N–H and O–H groups in total. The number of allylic oxidation sites excluding steroid dienone is 3. The van der Waals surface area contributed by atoms with Crippen molar-refractivity contribution in [3.63, 3.8) is 0 Å². The fourth-order valence-corrected chi connectivity index (χ4v) is 1.56. The van der Waals surface area contributed by atoms with E-state index in [-0.39, 0.29) is 11.8 Å². The van der Waals surface area contributed by atoms with Gasteiger partial charge in [0.1, 0.15) is 0 Å². The summed E-state index contributed by atoms with van der Waals surface area (Å²) in [6.45, 7) is 1.86. The zero-order valence-corrected chi connectivity index (χ0v) is 11.5. The largest absolute Gasteiger partial charge is 0.355 e. The molecule has 0 spiro atoms. The molecule has 0 fully saturated rings. The molecule has 5 heteroatoms. The van der Waals surface area contributed by atoms with Crippen LogP contribution in [0.15, 0.2) is 42.5 Å². The van der Waals surface area contributed by atoms with Crippen molar-refractivity contribution in [1.82, 2.24) is 5.32 Å². The molecule has 0 unspecified atom stereocenters. The number of rotatable bonds is 4. The van der Waals surface area contributed by atoms with Crippen LogP contribution in [0.1, 0.15) is 17.3 Å². The maximum Gasteiger partial charge on any atom is 0.251 e. The van der Waals surface area contributed by atoms with Crippen LogP contribution in [0.5, 0.6) is 0 Å². The van der Waals surface area contributed by atoms with Crippen LogP contribution in [0.25, 0.3) is 0 Å². The van der Waals surface area contributed by atoms with E-state index in [4.69, 9.17) is 11.6 Å². The molecule has 0 saturated carbocycles. The van der Waals surface area contributed by atoms with Crippen LogP contribution >= 0.6 is 11.6 Å². The van der Waals surface area contributed by atoms with Crippen LogP contribution in [0.4, 0.5) is 5.69 Å². The molecule has 100 valence electrons. The fourth-order valence-electron chi connectivity index (χ4n) is 1.33. The van der Waals surface area contributed by atoms with Gasteiger partial charge in [-0.3, -0.25) is 9.59 Å². The Labute approximate surface area is 117 Å². The van der Waals surface area contributed by atoms with Gasteiger partial charge in [-0.2, -0.15) is 0 Å². The maximum absolute atomic E-state index is 11.5. The number of carbonyl (C=O) groups is 2. The summed E-state index contributed by atoms with van der Waals surface area (Å²) in [7, 11) is 1.54. The number of nitrogens with one attached hydrogen (secondary N) is 2. The molecule has 2 amide bonds. The number of halogens is 1. The number of carbonyl (C=O) groups excluding carboxylic acids is 2. The Bertz CT molecular complexity index is 536. The third-order valence-corrected chi connectivity index (χ3v) is 2.58. The highest BCUT2D eigenvalue weighted by atomic mass is 35.5. The van der Waals surface area contributed by atoms with E-state index in [0.717, 1.165) is 0 Å². The molecule has 0 bridgehead atoms. The molecule has 0 saturated heterocycles. The summed E-state index contributed by atoms with van der Waals surface area (Å²) in [5, 5.41) is 5.44. The first-order chi connectivity index (χ1) is 9.08. The Hall–Kier alpha value is -2.07. The van der Waals surface area contributed by atoms with E-state index in [1.54, 1.807) is 24.3 Å². The van der Waals surface area contributed by atoms with Gasteiger partial charge in [0.25, 0.3) is 5.91 Å². The van der Waals surface area contributed by atoms with Crippen molar-refractivity contribution in [3.8, 4) is 0 Å². The topological polar surface area (TPSA) is 58.2 Å². The van der Waals surface area contributed by atoms with Gasteiger partial charge in [0, 0.05) is 18.7 Å². The molecule has 1 aromatic carbocycles. The highest BCUT2D eigenvalue weighted by Gasteiger charge is 2.08. The molecule has 0 radical (unpaired) electrons. The first-order valence-corrected chi connectivity index (χ1v) is 6.08. The van der Waals surface area contributed by atoms with Gasteiger partial charge in [-0.05, 0) is 25.1 Å². The minimum atomic E-state index is -0.285. The van der Waals surface area contributed by atoms with Crippen LogP contribution in [-0.2, 0) is 4.79 Å². The Kier molecular flexibility index (Phi) is 5.82. The molecule has 0 aromatic heterocycles. The van der Waals surface area contributed by atoms with E-state index in [0.29, 0.717) is 16.3 Å². The molecule has 0 heterocycles. The number of hydrogen-bond acceptors (Lipinski definition) is 2. The zero-order chi connectivity index (χ0) is 14.3. The van der Waals surface area contributed by atoms with Crippen LogP contribution in [0, 0.1) is 0 Å². The Morgan fingerprint density at radius 2 is 2.00 bits per heavy atom. The predicted molar refractivity (Wildman–Crippen MR) is 77.4 cm³/mol. The Morgan fingerprint density at radius 3 is 2.58 bits per heavy atom. The summed E-state index contributed by atoms with van der Waals surface area (Å²) in [5.41, 5.74) is 0.902. The average molecular weight is 279 g/mol. The summed E-state index contributed by atoms with van der Waals surface area (Å²) in [5.74, 6) is -0.513. The SMILES string of the molecule is CC=CC=CC(=O)Nc1ccc(C(=O)NC)cc1Cl. The Balaban J connectivity index is 2.80. The lowest BCUT2D eigenvalue weighted by Gasteiger charge is -2.06. The number of amides is 2. The van der Waals surface area contributed by atoms with Gasteiger partial charge in [0.05, 0.1) is 10.7 Å². The van der Waals surface area contributed by atoms with Crippen LogP contribution in [0.3, 0.4) is 0 Å². The molecule has 1 aromatic rings. The average Bonchev–Trinajstić information content (AvgIpc) is 2.40. The second-order valence-electron chi connectivity index (χ2n) is 3.65. The van der Waals surface area contributed by atoms with Gasteiger partial charge in [-0.1, -0.05) is 29.8 Å². The van der Waals surface area contributed by atoms with Gasteiger partial charge in [-0.15, -0.1) is 0 Å². The molecular formula is C14H15ClN2O2. The van der Waals surface area contributed by atoms with Crippen molar-refractivity contribution in [1.29, 1.82) is 0 Å². The minimum absolute atomic E-state index is 0.229. The highest BCUT2D eigenvalue weighted by Crippen LogP contribution is 2.23. The first kappa shape index (κ1) is 15.0. The van der Waals surface area contributed by atoms with Gasteiger partial charge in [-0.25, -0.2) is 0 Å². The second-order valence-corrected chi connectivity index (χ2v) is 4.06. The van der Waals surface area contributed by atoms with E-state index in [1.165, 1.54) is 19.2 Å². The van der Waals surface area contributed by atoms with Crippen molar-refractivity contribution >= 4 is 29.1 Å². The van der Waals surface area contributed by atoms with Crippen molar-refractivity contribution in [2.45, 2.75) is 6.92 Å². The molecule has 19 heavy (non-hydrogen) atoms. The van der Waals surface area contributed by atoms with Gasteiger partial charge >= 0.3 is 0 Å². The van der Waals surface area contributed by atoms with Crippen LogP contribution in [-0.4, -0.2) is 18.9 Å². The van der Waals surface area contributed by atoms with Gasteiger partial charge < -0.3 is 10.6 Å². The first-order valence-electron chi connectivity index (χ1n) is 5.70. The third kappa shape index (κ3) is 4.60. The van der Waals surface area contributed by atoms with E-state index < -0.39 is 0 Å². The molecule has 0 aliphatic carbocycles. The van der Waals surface area contributed by atoms with Gasteiger partial charge in [0.2, 0.25) is 5.91 Å². The van der Waals surface area contributed by atoms with Crippen LogP contribution in [0.2, 0.25) is 5.02 Å². The zero-order valence-electron chi connectivity index (χ0n) is 10.7. The molecule has 0 atom stereocenters. The van der Waals surface area contributed by atoms with E-state index in [1.807, 2.05) is 13.0 Å². The summed E-state index contributed by atoms with van der Waals surface area (Å²) in [4.78, 5) is 22.9. The smallest absolute Gasteiger partial charge is 0.251 e. The second kappa shape index (κ2) is 7.38. The van der Waals surface area contributed by atoms with Crippen molar-refractivity contribution in [2.75, 3.05) is 12.4 Å². The lowest BCUT2D eigenvalue weighted by Crippen LogP contribution is -2.18. The highest BCUT2D eigenvalue weighted by molar-refractivity contribution is 6.34. The van der Waals surface area contributed by atoms with E-state index in [9.17, 15) is 9.59 Å². The van der Waals surface area contributed by atoms with Crippen molar-refractivity contribution < 1.29 is 9.59 Å². The molecule has 0 aliphatic heterocycles. The molecule has 4 nitrogen and oxygen atoms in total. The minimum Gasteiger partial charge on any atom is -0.355 e. The van der Waals surface area contributed by atoms with E-state index >= 15 is 0 Å². The monoisotopic (exact) mass is 278 g/mol. The lowest BCUT2D eigenvalue weighted by molar-refractivity contribution is -0.111. The summed E-state index contributed by atoms with van der Waals surface area (Å²) in [6, 6.07) is 4.69. The maximum atomic E-state index is 11.5. The normalized spacial score (nSPS) is 10.9. The predicted octanol–water partition coefficient (Wildman–Crippen LogP) is 2.77. The lowest BCUT2D eigenvalue weighted by atomic mass is 10.2. The molecule has 1 rings (SSSR count). The quantitative estimate of drug-likeness (QED) is 0.657. The molecule has 0 aliphatic rings. The van der Waals surface area contributed by atoms with Crippen molar-refractivity contribution in [3.05, 3.63) is 53.1 Å². The van der Waals surface area contributed by atoms with E-state index in [2.05, 4.69) is 10.6 Å². The van der Waals surface area contributed by atoms with Crippen LogP contribution < -0.4 is 10.6 Å². The number of benzene rings is 1. The molecular weight excluding hydrogens is 264 g/mol. The summed E-state index contributed by atoms with van der Waals surface area (Å²) in [6.07, 6.45) is 6.58. The Morgan fingerprint density at radius 1 is 1.26 bits per heavy atom. The summed E-state index contributed by atoms with van der Waals surface area (Å²) < 4.78 is 0. The van der Waals surface area contributed by atoms with Gasteiger partial charge in [0.15, 0.2) is 0 Å².